The standard InChI is InChI=1S/C17H20ClFN2O2S/c1-20(2)10-11-21(13-14-6-4-3-5-7-14)24(22,23)17-9-8-15(19)12-16(17)18/h3-9,12H,10-11,13H2,1-2H3. The second kappa shape index (κ2) is 8.07. The fourth-order valence-corrected chi connectivity index (χ4v) is 4.13. The van der Waals surface area contributed by atoms with Gasteiger partial charge in [-0.05, 0) is 37.9 Å². The first kappa shape index (κ1) is 18.9. The third-order valence-corrected chi connectivity index (χ3v) is 5.84. The van der Waals surface area contributed by atoms with E-state index in [4.69, 9.17) is 11.6 Å². The van der Waals surface area contributed by atoms with E-state index < -0.39 is 15.8 Å². The summed E-state index contributed by atoms with van der Waals surface area (Å²) in [5.41, 5.74) is 0.873. The van der Waals surface area contributed by atoms with Crippen LogP contribution in [-0.2, 0) is 16.6 Å². The molecule has 0 bridgehead atoms. The molecule has 24 heavy (non-hydrogen) atoms. The summed E-state index contributed by atoms with van der Waals surface area (Å²) in [5.74, 6) is -0.568. The van der Waals surface area contributed by atoms with Crippen LogP contribution >= 0.6 is 11.6 Å². The van der Waals surface area contributed by atoms with E-state index >= 15 is 0 Å². The molecule has 0 spiro atoms. The molecule has 2 aromatic carbocycles. The normalized spacial score (nSPS) is 12.1. The van der Waals surface area contributed by atoms with Crippen molar-refractivity contribution in [1.29, 1.82) is 0 Å². The molecule has 0 unspecified atom stereocenters. The van der Waals surface area contributed by atoms with E-state index in [9.17, 15) is 12.8 Å². The molecule has 0 aliphatic rings. The van der Waals surface area contributed by atoms with E-state index in [2.05, 4.69) is 0 Å². The highest BCUT2D eigenvalue weighted by atomic mass is 35.5. The number of halogens is 2. The predicted octanol–water partition coefficient (Wildman–Crippen LogP) is 3.23. The van der Waals surface area contributed by atoms with Crippen molar-refractivity contribution in [1.82, 2.24) is 9.21 Å². The zero-order valence-corrected chi connectivity index (χ0v) is 15.2. The Balaban J connectivity index is 2.36. The summed E-state index contributed by atoms with van der Waals surface area (Å²) < 4.78 is 40.6. The molecule has 0 heterocycles. The van der Waals surface area contributed by atoms with Gasteiger partial charge < -0.3 is 4.90 Å². The van der Waals surface area contributed by atoms with Crippen LogP contribution in [0.5, 0.6) is 0 Å². The van der Waals surface area contributed by atoms with Crippen molar-refractivity contribution in [2.45, 2.75) is 11.4 Å². The predicted molar refractivity (Wildman–Crippen MR) is 94.0 cm³/mol. The lowest BCUT2D eigenvalue weighted by atomic mass is 10.2. The van der Waals surface area contributed by atoms with Crippen molar-refractivity contribution in [2.24, 2.45) is 0 Å². The zero-order chi connectivity index (χ0) is 17.7. The summed E-state index contributed by atoms with van der Waals surface area (Å²) in [5, 5.41) is -0.113. The fourth-order valence-electron chi connectivity index (χ4n) is 2.21. The van der Waals surface area contributed by atoms with Crippen LogP contribution in [0.15, 0.2) is 53.4 Å². The van der Waals surface area contributed by atoms with Crippen LogP contribution in [0.3, 0.4) is 0 Å². The second-order valence-corrected chi connectivity index (χ2v) is 8.02. The molecule has 0 atom stereocenters. The summed E-state index contributed by atoms with van der Waals surface area (Å²) in [6.45, 7) is 1.09. The van der Waals surface area contributed by atoms with E-state index in [-0.39, 0.29) is 16.5 Å². The molecule has 0 aromatic heterocycles. The molecule has 2 rings (SSSR count). The van der Waals surface area contributed by atoms with Gasteiger partial charge in [-0.1, -0.05) is 41.9 Å². The molecule has 2 aromatic rings. The van der Waals surface area contributed by atoms with Gasteiger partial charge in [0.1, 0.15) is 10.7 Å². The summed E-state index contributed by atoms with van der Waals surface area (Å²) in [7, 11) is -0.0879. The van der Waals surface area contributed by atoms with Gasteiger partial charge in [0.2, 0.25) is 10.0 Å². The molecule has 130 valence electrons. The number of rotatable bonds is 7. The number of nitrogens with zero attached hydrogens (tertiary/aromatic N) is 2. The summed E-state index contributed by atoms with van der Waals surface area (Å²) >= 11 is 5.97. The third-order valence-electron chi connectivity index (χ3n) is 3.51. The lowest BCUT2D eigenvalue weighted by molar-refractivity contribution is 0.329. The summed E-state index contributed by atoms with van der Waals surface area (Å²) in [6.07, 6.45) is 0. The monoisotopic (exact) mass is 370 g/mol. The Hall–Kier alpha value is -1.47. The summed E-state index contributed by atoms with van der Waals surface area (Å²) in [4.78, 5) is 1.82. The molecular formula is C17H20ClFN2O2S. The van der Waals surface area contributed by atoms with Gasteiger partial charge in [-0.25, -0.2) is 12.8 Å². The fraction of sp³-hybridized carbons (Fsp3) is 0.294. The molecule has 0 saturated heterocycles. The quantitative estimate of drug-likeness (QED) is 0.751. The van der Waals surface area contributed by atoms with Crippen LogP contribution in [-0.4, -0.2) is 44.8 Å². The first-order chi connectivity index (χ1) is 11.3. The number of benzene rings is 2. The lowest BCUT2D eigenvalue weighted by Crippen LogP contribution is -2.36. The topological polar surface area (TPSA) is 40.6 Å². The smallest absolute Gasteiger partial charge is 0.244 e. The van der Waals surface area contributed by atoms with Crippen LogP contribution in [0.25, 0.3) is 0 Å². The Morgan fingerprint density at radius 3 is 2.29 bits per heavy atom. The van der Waals surface area contributed by atoms with Crippen molar-refractivity contribution in [3.8, 4) is 0 Å². The zero-order valence-electron chi connectivity index (χ0n) is 13.6. The Morgan fingerprint density at radius 2 is 1.71 bits per heavy atom. The third kappa shape index (κ3) is 4.77. The Bertz CT molecular complexity index is 782. The second-order valence-electron chi connectivity index (χ2n) is 5.70. The lowest BCUT2D eigenvalue weighted by Gasteiger charge is -2.24. The molecule has 7 heteroatoms. The molecule has 0 aliphatic heterocycles. The molecule has 0 amide bonds. The first-order valence-corrected chi connectivity index (χ1v) is 9.26. The molecule has 0 fully saturated rings. The number of likely N-dealkylation sites (N-methyl/N-ethyl adjacent to an activating group) is 1. The average molecular weight is 371 g/mol. The van der Waals surface area contributed by atoms with Crippen molar-refractivity contribution in [2.75, 3.05) is 27.2 Å². The highest BCUT2D eigenvalue weighted by Crippen LogP contribution is 2.26. The largest absolute Gasteiger partial charge is 0.308 e. The Labute approximate surface area is 147 Å². The minimum Gasteiger partial charge on any atom is -0.308 e. The average Bonchev–Trinajstić information content (AvgIpc) is 2.51. The maximum absolute atomic E-state index is 13.2. The van der Waals surface area contributed by atoms with E-state index in [1.165, 1.54) is 10.4 Å². The van der Waals surface area contributed by atoms with Gasteiger partial charge >= 0.3 is 0 Å². The Morgan fingerprint density at radius 1 is 1.04 bits per heavy atom. The molecule has 4 nitrogen and oxygen atoms in total. The maximum Gasteiger partial charge on any atom is 0.244 e. The van der Waals surface area contributed by atoms with Crippen molar-refractivity contribution in [3.63, 3.8) is 0 Å². The van der Waals surface area contributed by atoms with Crippen LogP contribution in [0.2, 0.25) is 5.02 Å². The van der Waals surface area contributed by atoms with Gasteiger partial charge in [0.15, 0.2) is 0 Å². The van der Waals surface area contributed by atoms with E-state index in [1.807, 2.05) is 49.3 Å². The van der Waals surface area contributed by atoms with Gasteiger partial charge in [-0.2, -0.15) is 4.31 Å². The minimum atomic E-state index is -3.83. The SMILES string of the molecule is CN(C)CCN(Cc1ccccc1)S(=O)(=O)c1ccc(F)cc1Cl. The van der Waals surface area contributed by atoms with E-state index in [0.717, 1.165) is 17.7 Å². The highest BCUT2D eigenvalue weighted by Gasteiger charge is 2.27. The molecule has 0 saturated carbocycles. The Kier molecular flexibility index (Phi) is 6.34. The van der Waals surface area contributed by atoms with Crippen molar-refractivity contribution in [3.05, 3.63) is 64.9 Å². The highest BCUT2D eigenvalue weighted by molar-refractivity contribution is 7.89. The molecule has 0 aliphatic carbocycles. The van der Waals surface area contributed by atoms with E-state index in [0.29, 0.717) is 13.1 Å². The van der Waals surface area contributed by atoms with Crippen LogP contribution in [0.4, 0.5) is 4.39 Å². The minimum absolute atomic E-state index is 0.0831. The number of sulfonamides is 1. The first-order valence-electron chi connectivity index (χ1n) is 7.44. The van der Waals surface area contributed by atoms with Gasteiger partial charge in [0.05, 0.1) is 5.02 Å². The molecule has 0 radical (unpaired) electrons. The van der Waals surface area contributed by atoms with Crippen molar-refractivity contribution < 1.29 is 12.8 Å². The van der Waals surface area contributed by atoms with Crippen LogP contribution in [0, 0.1) is 5.82 Å². The number of hydrogen-bond donors (Lipinski definition) is 0. The van der Waals surface area contributed by atoms with Crippen LogP contribution in [0.1, 0.15) is 5.56 Å². The molecular weight excluding hydrogens is 351 g/mol. The van der Waals surface area contributed by atoms with Crippen LogP contribution < -0.4 is 0 Å². The van der Waals surface area contributed by atoms with Crippen molar-refractivity contribution >= 4 is 21.6 Å². The van der Waals surface area contributed by atoms with Gasteiger partial charge in [0.25, 0.3) is 0 Å². The maximum atomic E-state index is 13.2. The van der Waals surface area contributed by atoms with E-state index in [1.54, 1.807) is 0 Å². The molecule has 0 N–H and O–H groups in total. The van der Waals surface area contributed by atoms with Gasteiger partial charge in [-0.3, -0.25) is 0 Å². The van der Waals surface area contributed by atoms with Gasteiger partial charge in [0, 0.05) is 19.6 Å². The van der Waals surface area contributed by atoms with Gasteiger partial charge in [-0.15, -0.1) is 0 Å². The number of hydrogen-bond acceptors (Lipinski definition) is 3. The summed E-state index contributed by atoms with van der Waals surface area (Å²) in [6, 6.07) is 12.6.